The van der Waals surface area contributed by atoms with Crippen molar-refractivity contribution in [3.05, 3.63) is 65.0 Å². The number of rotatable bonds is 7. The predicted octanol–water partition coefficient (Wildman–Crippen LogP) is 4.45. The van der Waals surface area contributed by atoms with Gasteiger partial charge >= 0.3 is 6.18 Å². The number of aromatic nitrogens is 6. The molecule has 3 aromatic heterocycles. The first-order valence-electron chi connectivity index (χ1n) is 12.3. The molecule has 12 heteroatoms. The number of alkyl halides is 3. The van der Waals surface area contributed by atoms with Gasteiger partial charge in [-0.1, -0.05) is 24.3 Å². The fraction of sp³-hybridized carbons (Fsp3) is 0.346. The number of hydrogen-bond donors (Lipinski definition) is 2. The summed E-state index contributed by atoms with van der Waals surface area (Å²) < 4.78 is 46.1. The topological polar surface area (TPSA) is 103 Å². The van der Waals surface area contributed by atoms with E-state index in [1.807, 2.05) is 12.1 Å². The van der Waals surface area contributed by atoms with E-state index in [0.717, 1.165) is 47.1 Å². The Kier molecular flexibility index (Phi) is 5.98. The number of anilines is 1. The van der Waals surface area contributed by atoms with Gasteiger partial charge in [0.25, 0.3) is 0 Å². The highest BCUT2D eigenvalue weighted by Crippen LogP contribution is 2.45. The van der Waals surface area contributed by atoms with Gasteiger partial charge in [0.05, 0.1) is 18.5 Å². The van der Waals surface area contributed by atoms with Crippen LogP contribution in [0.5, 0.6) is 5.88 Å². The minimum atomic E-state index is -4.49. The molecular formula is C26H25F3N8O. The number of ether oxygens (including phenoxy) is 1. The molecule has 4 heterocycles. The van der Waals surface area contributed by atoms with Crippen molar-refractivity contribution in [2.75, 3.05) is 12.4 Å². The third-order valence-corrected chi connectivity index (χ3v) is 6.75. The van der Waals surface area contributed by atoms with Crippen molar-refractivity contribution < 1.29 is 17.9 Å². The summed E-state index contributed by atoms with van der Waals surface area (Å²) in [5, 5.41) is 6.76. The average Bonchev–Trinajstić information content (AvgIpc) is 3.51. The summed E-state index contributed by atoms with van der Waals surface area (Å²) in [6.07, 6.45) is 0.157. The summed E-state index contributed by atoms with van der Waals surface area (Å²) in [4.78, 5) is 22.3. The van der Waals surface area contributed by atoms with Crippen LogP contribution >= 0.6 is 0 Å². The first kappa shape index (κ1) is 24.3. The summed E-state index contributed by atoms with van der Waals surface area (Å²) in [6.45, 7) is 1.75. The molecule has 0 bridgehead atoms. The van der Waals surface area contributed by atoms with Crippen LogP contribution in [0.2, 0.25) is 0 Å². The molecule has 0 unspecified atom stereocenters. The Labute approximate surface area is 216 Å². The Morgan fingerprint density at radius 1 is 1.08 bits per heavy atom. The molecule has 6 rings (SSSR count). The minimum Gasteiger partial charge on any atom is -0.480 e. The third-order valence-electron chi connectivity index (χ3n) is 6.75. The van der Waals surface area contributed by atoms with Crippen molar-refractivity contribution in [1.29, 1.82) is 0 Å². The van der Waals surface area contributed by atoms with Crippen molar-refractivity contribution in [1.82, 2.24) is 34.8 Å². The summed E-state index contributed by atoms with van der Waals surface area (Å²) in [5.41, 5.74) is 4.19. The molecule has 38 heavy (non-hydrogen) atoms. The maximum absolute atomic E-state index is 13.0. The highest BCUT2D eigenvalue weighted by Gasteiger charge is 2.35. The molecule has 1 aromatic carbocycles. The van der Waals surface area contributed by atoms with Gasteiger partial charge in [0.15, 0.2) is 11.5 Å². The molecule has 0 spiro atoms. The number of aryl methyl sites for hydroxylation is 1. The molecule has 2 N–H and O–H groups in total. The van der Waals surface area contributed by atoms with Gasteiger partial charge in [0.2, 0.25) is 5.88 Å². The van der Waals surface area contributed by atoms with Crippen molar-refractivity contribution in [2.45, 2.75) is 44.6 Å². The first-order valence-corrected chi connectivity index (χ1v) is 12.3. The van der Waals surface area contributed by atoms with Gasteiger partial charge in [-0.3, -0.25) is 0 Å². The molecule has 196 valence electrons. The quantitative estimate of drug-likeness (QED) is 0.367. The van der Waals surface area contributed by atoms with Gasteiger partial charge in [0, 0.05) is 49.9 Å². The van der Waals surface area contributed by atoms with E-state index in [2.05, 4.69) is 25.6 Å². The van der Waals surface area contributed by atoms with Crippen LogP contribution in [-0.2, 0) is 32.9 Å². The number of halogens is 3. The number of fused-ring (bicyclic) bond motifs is 1. The van der Waals surface area contributed by atoms with E-state index in [0.29, 0.717) is 48.6 Å². The van der Waals surface area contributed by atoms with Crippen molar-refractivity contribution >= 4 is 5.82 Å². The summed E-state index contributed by atoms with van der Waals surface area (Å²) in [7, 11) is 3.13. The molecule has 0 radical (unpaired) electrons. The Morgan fingerprint density at radius 2 is 1.87 bits per heavy atom. The number of nitrogens with one attached hydrogen (secondary N) is 2. The zero-order valence-corrected chi connectivity index (χ0v) is 20.8. The van der Waals surface area contributed by atoms with E-state index < -0.39 is 11.9 Å². The highest BCUT2D eigenvalue weighted by atomic mass is 19.4. The molecule has 4 aromatic rings. The lowest BCUT2D eigenvalue weighted by molar-refractivity contribution is -0.140. The van der Waals surface area contributed by atoms with Crippen LogP contribution in [0.1, 0.15) is 47.0 Å². The van der Waals surface area contributed by atoms with Crippen LogP contribution in [-0.4, -0.2) is 36.6 Å². The summed E-state index contributed by atoms with van der Waals surface area (Å²) in [5.74, 6) is 2.31. The van der Waals surface area contributed by atoms with Gasteiger partial charge in [-0.05, 0) is 18.4 Å². The molecule has 1 saturated carbocycles. The monoisotopic (exact) mass is 522 g/mol. The van der Waals surface area contributed by atoms with Crippen LogP contribution < -0.4 is 15.4 Å². The number of nitrogens with zero attached hydrogens (tertiary/aromatic N) is 6. The normalized spacial score (nSPS) is 15.0. The molecule has 9 nitrogen and oxygen atoms in total. The number of imidazole rings is 1. The highest BCUT2D eigenvalue weighted by molar-refractivity contribution is 5.68. The van der Waals surface area contributed by atoms with E-state index in [1.54, 1.807) is 26.3 Å². The first-order chi connectivity index (χ1) is 18.3. The Balaban J connectivity index is 1.27. The minimum absolute atomic E-state index is 0.256. The fourth-order valence-corrected chi connectivity index (χ4v) is 4.67. The molecular weight excluding hydrogens is 497 g/mol. The molecule has 1 aliphatic heterocycles. The largest absolute Gasteiger partial charge is 0.480 e. The lowest BCUT2D eigenvalue weighted by atomic mass is 10.1. The summed E-state index contributed by atoms with van der Waals surface area (Å²) >= 11 is 0. The van der Waals surface area contributed by atoms with Crippen LogP contribution in [0.25, 0.3) is 22.8 Å². The second kappa shape index (κ2) is 9.35. The molecule has 2 aliphatic rings. The molecule has 1 fully saturated rings. The van der Waals surface area contributed by atoms with Crippen LogP contribution in [0.4, 0.5) is 19.0 Å². The molecule has 0 atom stereocenters. The van der Waals surface area contributed by atoms with Gasteiger partial charge in [-0.25, -0.2) is 24.9 Å². The lowest BCUT2D eigenvalue weighted by Gasteiger charge is -2.15. The summed E-state index contributed by atoms with van der Waals surface area (Å²) in [6, 6.07) is 7.27. The van der Waals surface area contributed by atoms with Gasteiger partial charge in [-0.2, -0.15) is 13.2 Å². The Morgan fingerprint density at radius 3 is 2.55 bits per heavy atom. The molecule has 0 saturated heterocycles. The number of benzene rings is 1. The SMILES string of the molecule is COc1ncnc(C2CC2)c1-c1nc2c(c(NCc3ccc(-c4nc(C(F)(F)F)cn4C)cc3)n1)CNC2. The third kappa shape index (κ3) is 4.55. The van der Waals surface area contributed by atoms with Crippen molar-refractivity contribution in [3.8, 4) is 28.7 Å². The zero-order chi connectivity index (χ0) is 26.4. The van der Waals surface area contributed by atoms with Gasteiger partial charge in [0.1, 0.15) is 23.5 Å². The van der Waals surface area contributed by atoms with E-state index in [9.17, 15) is 13.2 Å². The van der Waals surface area contributed by atoms with Crippen molar-refractivity contribution in [2.24, 2.45) is 7.05 Å². The van der Waals surface area contributed by atoms with Crippen LogP contribution in [0, 0.1) is 0 Å². The molecule has 0 amide bonds. The van der Waals surface area contributed by atoms with Crippen LogP contribution in [0.15, 0.2) is 36.8 Å². The lowest BCUT2D eigenvalue weighted by Crippen LogP contribution is -2.09. The predicted molar refractivity (Wildman–Crippen MR) is 133 cm³/mol. The van der Waals surface area contributed by atoms with E-state index in [4.69, 9.17) is 14.7 Å². The van der Waals surface area contributed by atoms with E-state index in [-0.39, 0.29) is 5.82 Å². The smallest absolute Gasteiger partial charge is 0.434 e. The average molecular weight is 523 g/mol. The standard InChI is InChI=1S/C26H25F3N8O/c1-37-12-19(26(27,28)29)35-24(37)16-5-3-14(4-6-16)9-31-22-17-10-30-11-18(17)34-23(36-22)20-21(15-7-8-15)32-13-33-25(20)38-2/h3-6,12-13,15,30H,7-11H2,1-2H3,(H,31,34,36). The number of methoxy groups -OCH3 is 1. The number of hydrogen-bond acceptors (Lipinski definition) is 8. The second-order valence-corrected chi connectivity index (χ2v) is 9.45. The van der Waals surface area contributed by atoms with E-state index in [1.165, 1.54) is 10.9 Å². The van der Waals surface area contributed by atoms with Crippen LogP contribution in [0.3, 0.4) is 0 Å². The Hall–Kier alpha value is -4.06. The Bertz CT molecular complexity index is 1500. The fourth-order valence-electron chi connectivity index (χ4n) is 4.67. The van der Waals surface area contributed by atoms with E-state index >= 15 is 0 Å². The second-order valence-electron chi connectivity index (χ2n) is 9.45. The van der Waals surface area contributed by atoms with Gasteiger partial charge in [-0.15, -0.1) is 0 Å². The van der Waals surface area contributed by atoms with Crippen molar-refractivity contribution in [3.63, 3.8) is 0 Å². The van der Waals surface area contributed by atoms with Gasteiger partial charge < -0.3 is 19.9 Å². The maximum Gasteiger partial charge on any atom is 0.434 e. The zero-order valence-electron chi connectivity index (χ0n) is 20.8. The molecule has 1 aliphatic carbocycles. The maximum atomic E-state index is 13.0.